The number of fused-ring (bicyclic) bond motifs is 2. The summed E-state index contributed by atoms with van der Waals surface area (Å²) in [6.07, 6.45) is 0.0237. The van der Waals surface area contributed by atoms with Crippen LogP contribution in [0.5, 0.6) is 0 Å². The monoisotopic (exact) mass is 503 g/mol. The summed E-state index contributed by atoms with van der Waals surface area (Å²) in [7, 11) is 0. The fraction of sp³-hybridized carbons (Fsp3) is 0.517. The second-order valence-electron chi connectivity index (χ2n) is 11.8. The van der Waals surface area contributed by atoms with E-state index in [2.05, 4.69) is 31.3 Å². The quantitative estimate of drug-likeness (QED) is 0.657. The van der Waals surface area contributed by atoms with Crippen LogP contribution in [-0.4, -0.2) is 89.5 Å². The molecular weight excluding hydrogens is 470 g/mol. The Morgan fingerprint density at radius 1 is 1.11 bits per heavy atom. The molecule has 4 unspecified atom stereocenters. The van der Waals surface area contributed by atoms with Crippen molar-refractivity contribution in [1.82, 2.24) is 15.1 Å². The molecule has 6 atom stereocenters. The summed E-state index contributed by atoms with van der Waals surface area (Å²) < 4.78 is 11.6. The van der Waals surface area contributed by atoms with E-state index in [1.165, 1.54) is 11.1 Å². The Balaban J connectivity index is 1.09. The van der Waals surface area contributed by atoms with Crippen molar-refractivity contribution in [2.45, 2.75) is 68.7 Å². The Morgan fingerprint density at radius 3 is 2.54 bits per heavy atom. The molecule has 0 spiro atoms. The van der Waals surface area contributed by atoms with E-state index >= 15 is 0 Å². The standard InChI is InChI=1S/C29H33N3O5/c1-29(2)15-31(12-24(33)21-10-16-5-3-4-6-18(16)11-30-21)28(35)19-8-7-17(9-20(19)29)27(34)32-22-13-36-26-23(32)14-37-25(22)26/h3-9,21-26,30,33H,10-15H2,1-2H3/t21-,22?,23?,24+,25?,26?/m0/s1. The minimum absolute atomic E-state index is 0.0124. The maximum atomic E-state index is 13.6. The summed E-state index contributed by atoms with van der Waals surface area (Å²) in [5.74, 6) is -0.105. The van der Waals surface area contributed by atoms with Crippen LogP contribution < -0.4 is 5.32 Å². The number of likely N-dealkylation sites (tertiary alicyclic amines) is 1. The van der Waals surface area contributed by atoms with Gasteiger partial charge in [0.25, 0.3) is 11.8 Å². The number of aliphatic hydroxyl groups excluding tert-OH is 1. The number of ether oxygens (including phenoxy) is 2. The molecule has 5 heterocycles. The number of nitrogens with zero attached hydrogens (tertiary/aromatic N) is 2. The Bertz CT molecular complexity index is 1260. The molecule has 3 saturated heterocycles. The van der Waals surface area contributed by atoms with Crippen molar-refractivity contribution in [3.8, 4) is 0 Å². The third-order valence-corrected chi connectivity index (χ3v) is 9.03. The molecule has 5 aliphatic rings. The maximum absolute atomic E-state index is 13.6. The predicted molar refractivity (Wildman–Crippen MR) is 135 cm³/mol. The van der Waals surface area contributed by atoms with Crippen molar-refractivity contribution in [3.63, 3.8) is 0 Å². The lowest BCUT2D eigenvalue weighted by Gasteiger charge is -2.42. The average molecular weight is 504 g/mol. The van der Waals surface area contributed by atoms with Crippen LogP contribution in [0.15, 0.2) is 42.5 Å². The molecule has 7 rings (SSSR count). The zero-order chi connectivity index (χ0) is 25.5. The largest absolute Gasteiger partial charge is 0.390 e. The van der Waals surface area contributed by atoms with Gasteiger partial charge in [-0.05, 0) is 41.3 Å². The minimum atomic E-state index is -0.680. The topological polar surface area (TPSA) is 91.3 Å². The van der Waals surface area contributed by atoms with Gasteiger partial charge in [-0.2, -0.15) is 0 Å². The van der Waals surface area contributed by atoms with Crippen LogP contribution in [-0.2, 0) is 27.9 Å². The fourth-order valence-electron chi connectivity index (χ4n) is 7.11. The molecule has 3 fully saturated rings. The fourth-order valence-corrected chi connectivity index (χ4v) is 7.11. The van der Waals surface area contributed by atoms with E-state index in [4.69, 9.17) is 9.47 Å². The lowest BCUT2D eigenvalue weighted by Crippen LogP contribution is -2.54. The number of carbonyl (C=O) groups excluding carboxylic acids is 2. The maximum Gasteiger partial charge on any atom is 0.254 e. The molecule has 2 aromatic rings. The lowest BCUT2D eigenvalue weighted by atomic mass is 9.77. The molecule has 5 aliphatic heterocycles. The van der Waals surface area contributed by atoms with Gasteiger partial charge < -0.3 is 29.7 Å². The highest BCUT2D eigenvalue weighted by Gasteiger charge is 2.61. The van der Waals surface area contributed by atoms with Crippen LogP contribution in [0.25, 0.3) is 0 Å². The van der Waals surface area contributed by atoms with Gasteiger partial charge in [-0.15, -0.1) is 0 Å². The molecule has 194 valence electrons. The van der Waals surface area contributed by atoms with Crippen molar-refractivity contribution in [3.05, 3.63) is 70.3 Å². The molecule has 0 aromatic heterocycles. The zero-order valence-corrected chi connectivity index (χ0v) is 21.2. The second kappa shape index (κ2) is 8.36. The highest BCUT2D eigenvalue weighted by molar-refractivity contribution is 6.01. The van der Waals surface area contributed by atoms with E-state index in [9.17, 15) is 14.7 Å². The molecule has 4 bridgehead atoms. The number of nitrogens with one attached hydrogen (secondary N) is 1. The predicted octanol–water partition coefficient (Wildman–Crippen LogP) is 1.49. The van der Waals surface area contributed by atoms with Crippen molar-refractivity contribution in [2.24, 2.45) is 0 Å². The molecule has 2 amide bonds. The molecule has 0 saturated carbocycles. The smallest absolute Gasteiger partial charge is 0.254 e. The van der Waals surface area contributed by atoms with Gasteiger partial charge in [-0.25, -0.2) is 0 Å². The first-order chi connectivity index (χ1) is 17.8. The first-order valence-corrected chi connectivity index (χ1v) is 13.3. The van der Waals surface area contributed by atoms with E-state index in [-0.39, 0.29) is 54.1 Å². The van der Waals surface area contributed by atoms with Gasteiger partial charge >= 0.3 is 0 Å². The third-order valence-electron chi connectivity index (χ3n) is 9.03. The van der Waals surface area contributed by atoms with Crippen LogP contribution in [0.4, 0.5) is 0 Å². The van der Waals surface area contributed by atoms with Gasteiger partial charge in [0.2, 0.25) is 0 Å². The van der Waals surface area contributed by atoms with Gasteiger partial charge in [0.15, 0.2) is 0 Å². The van der Waals surface area contributed by atoms with Crippen LogP contribution in [0, 0.1) is 0 Å². The highest BCUT2D eigenvalue weighted by atomic mass is 16.6. The van der Waals surface area contributed by atoms with Gasteiger partial charge in [0.1, 0.15) is 12.2 Å². The first-order valence-electron chi connectivity index (χ1n) is 13.3. The molecule has 8 nitrogen and oxygen atoms in total. The molecule has 2 N–H and O–H groups in total. The number of carbonyl (C=O) groups is 2. The number of morpholine rings is 2. The van der Waals surface area contributed by atoms with Gasteiger partial charge in [0.05, 0.1) is 31.4 Å². The number of β-amino-alcohol motifs (C(OH)–C–C–N with tert-alkyl or cyclic N) is 1. The first kappa shape index (κ1) is 23.3. The average Bonchev–Trinajstić information content (AvgIpc) is 3.59. The Kier molecular flexibility index (Phi) is 5.28. The Morgan fingerprint density at radius 2 is 1.81 bits per heavy atom. The van der Waals surface area contributed by atoms with Crippen molar-refractivity contribution >= 4 is 11.8 Å². The summed E-state index contributed by atoms with van der Waals surface area (Å²) >= 11 is 0. The highest BCUT2D eigenvalue weighted by Crippen LogP contribution is 2.42. The van der Waals surface area contributed by atoms with Crippen LogP contribution in [0.2, 0.25) is 0 Å². The van der Waals surface area contributed by atoms with E-state index in [1.807, 2.05) is 23.1 Å². The van der Waals surface area contributed by atoms with E-state index in [0.29, 0.717) is 30.9 Å². The van der Waals surface area contributed by atoms with Crippen LogP contribution >= 0.6 is 0 Å². The van der Waals surface area contributed by atoms with E-state index < -0.39 is 6.10 Å². The number of hydrogen-bond donors (Lipinski definition) is 2. The van der Waals surface area contributed by atoms with E-state index in [0.717, 1.165) is 18.5 Å². The molecule has 37 heavy (non-hydrogen) atoms. The molecular formula is C29H33N3O5. The lowest BCUT2D eigenvalue weighted by molar-refractivity contribution is -0.0280. The molecule has 0 radical (unpaired) electrons. The van der Waals surface area contributed by atoms with Crippen LogP contribution in [0.1, 0.15) is 51.3 Å². The van der Waals surface area contributed by atoms with Gasteiger partial charge in [0, 0.05) is 42.2 Å². The number of amides is 2. The van der Waals surface area contributed by atoms with Crippen molar-refractivity contribution in [1.29, 1.82) is 0 Å². The Hall–Kier alpha value is -2.78. The minimum Gasteiger partial charge on any atom is -0.390 e. The second-order valence-corrected chi connectivity index (χ2v) is 11.8. The zero-order valence-electron chi connectivity index (χ0n) is 21.2. The van der Waals surface area contributed by atoms with Gasteiger partial charge in [-0.1, -0.05) is 38.1 Å². The summed E-state index contributed by atoms with van der Waals surface area (Å²) in [6.45, 7) is 6.70. The number of benzene rings is 2. The SMILES string of the molecule is CC1(C)CN(C[C@@H](O)[C@@H]2Cc3ccccc3CN2)C(=O)c2ccc(C(=O)N3C4COC5C4OCC53)cc21. The van der Waals surface area contributed by atoms with Crippen molar-refractivity contribution in [2.75, 3.05) is 26.3 Å². The third kappa shape index (κ3) is 3.57. The summed E-state index contributed by atoms with van der Waals surface area (Å²) in [5, 5.41) is 14.5. The number of hydrogen-bond acceptors (Lipinski definition) is 6. The summed E-state index contributed by atoms with van der Waals surface area (Å²) in [5.41, 5.74) is 4.25. The number of rotatable bonds is 4. The summed E-state index contributed by atoms with van der Waals surface area (Å²) in [6, 6.07) is 13.6. The molecule has 8 heteroatoms. The molecule has 0 aliphatic carbocycles. The van der Waals surface area contributed by atoms with Crippen LogP contribution in [0.3, 0.4) is 0 Å². The van der Waals surface area contributed by atoms with Crippen molar-refractivity contribution < 1.29 is 24.2 Å². The van der Waals surface area contributed by atoms with E-state index in [1.54, 1.807) is 17.0 Å². The van der Waals surface area contributed by atoms with Gasteiger partial charge in [-0.3, -0.25) is 9.59 Å². The number of aliphatic hydroxyl groups is 1. The summed E-state index contributed by atoms with van der Waals surface area (Å²) in [4.78, 5) is 30.8. The normalized spacial score (nSPS) is 31.9. The molecule has 2 aromatic carbocycles. The Labute approximate surface area is 216 Å².